The van der Waals surface area contributed by atoms with Crippen molar-refractivity contribution in [2.45, 2.75) is 25.2 Å². The molecule has 4 rings (SSSR count). The van der Waals surface area contributed by atoms with Crippen LogP contribution in [-0.2, 0) is 13.1 Å². The maximum atomic E-state index is 10.2. The van der Waals surface area contributed by atoms with Gasteiger partial charge in [0, 0.05) is 24.2 Å². The van der Waals surface area contributed by atoms with E-state index in [4.69, 9.17) is 0 Å². The molecule has 0 spiro atoms. The molecular weight excluding hydrogens is 396 g/mol. The van der Waals surface area contributed by atoms with Gasteiger partial charge in [0.2, 0.25) is 0 Å². The fourth-order valence-electron chi connectivity index (χ4n) is 3.94. The van der Waals surface area contributed by atoms with E-state index in [1.165, 1.54) is 0 Å². The molecule has 4 aromatic rings. The Labute approximate surface area is 189 Å². The van der Waals surface area contributed by atoms with Crippen molar-refractivity contribution in [1.29, 1.82) is 0 Å². The second-order valence-electron chi connectivity index (χ2n) is 7.80. The summed E-state index contributed by atoms with van der Waals surface area (Å²) in [7, 11) is 0. The van der Waals surface area contributed by atoms with Crippen molar-refractivity contribution in [3.05, 3.63) is 131 Å². The first-order valence-corrected chi connectivity index (χ1v) is 10.8. The summed E-state index contributed by atoms with van der Waals surface area (Å²) in [6.07, 6.45) is 0. The average Bonchev–Trinajstić information content (AvgIpc) is 2.84. The third kappa shape index (κ3) is 5.35. The summed E-state index contributed by atoms with van der Waals surface area (Å²) >= 11 is 0. The smallest absolute Gasteiger partial charge is 0.120 e. The zero-order chi connectivity index (χ0) is 22.2. The largest absolute Gasteiger partial charge is 0.508 e. The Bertz CT molecular complexity index is 1030. The first kappa shape index (κ1) is 21.6. The van der Waals surface area contributed by atoms with Gasteiger partial charge in [0.15, 0.2) is 0 Å². The van der Waals surface area contributed by atoms with Gasteiger partial charge in [-0.3, -0.25) is 0 Å². The third-order valence-electron chi connectivity index (χ3n) is 5.66. The van der Waals surface area contributed by atoms with Crippen LogP contribution in [-0.4, -0.2) is 10.2 Å². The Morgan fingerprint density at radius 3 is 1.19 bits per heavy atom. The fraction of sp³-hybridized carbons (Fsp3) is 0.143. The minimum absolute atomic E-state index is 0.0657. The van der Waals surface area contributed by atoms with Gasteiger partial charge in [-0.25, -0.2) is 0 Å². The Morgan fingerprint density at radius 2 is 0.812 bits per heavy atom. The van der Waals surface area contributed by atoms with Crippen molar-refractivity contribution >= 4 is 0 Å². The minimum Gasteiger partial charge on any atom is -0.508 e. The SMILES string of the molecule is Oc1ccccc1CNC(c1ccccc1)[C@@H](NCc1ccccc1O)c1ccccc1. The van der Waals surface area contributed by atoms with Crippen LogP contribution in [0.15, 0.2) is 109 Å². The second kappa shape index (κ2) is 10.6. The number of aromatic hydroxyl groups is 2. The van der Waals surface area contributed by atoms with E-state index in [-0.39, 0.29) is 23.6 Å². The molecule has 4 aromatic carbocycles. The summed E-state index contributed by atoms with van der Waals surface area (Å²) in [5.74, 6) is 0.565. The van der Waals surface area contributed by atoms with E-state index >= 15 is 0 Å². The summed E-state index contributed by atoms with van der Waals surface area (Å²) in [6, 6.07) is 35.3. The first-order valence-electron chi connectivity index (χ1n) is 10.8. The van der Waals surface area contributed by atoms with Crippen LogP contribution in [0.1, 0.15) is 34.3 Å². The molecule has 2 atom stereocenters. The van der Waals surface area contributed by atoms with Crippen molar-refractivity contribution in [1.82, 2.24) is 10.6 Å². The molecule has 0 aromatic heterocycles. The van der Waals surface area contributed by atoms with Crippen LogP contribution in [0.4, 0.5) is 0 Å². The Balaban J connectivity index is 1.65. The highest BCUT2D eigenvalue weighted by Gasteiger charge is 2.24. The fourth-order valence-corrected chi connectivity index (χ4v) is 3.94. The molecule has 0 fully saturated rings. The molecule has 0 aliphatic carbocycles. The normalized spacial score (nSPS) is 12.9. The number of rotatable bonds is 9. The first-order chi connectivity index (χ1) is 15.7. The van der Waals surface area contributed by atoms with Crippen LogP contribution in [0, 0.1) is 0 Å². The summed E-state index contributed by atoms with van der Waals surface area (Å²) in [6.45, 7) is 1.04. The van der Waals surface area contributed by atoms with E-state index in [1.807, 2.05) is 72.8 Å². The maximum absolute atomic E-state index is 10.2. The molecule has 4 N–H and O–H groups in total. The van der Waals surface area contributed by atoms with Crippen LogP contribution < -0.4 is 10.6 Å². The molecule has 0 saturated carbocycles. The van der Waals surface area contributed by atoms with E-state index in [0.717, 1.165) is 22.3 Å². The van der Waals surface area contributed by atoms with E-state index in [0.29, 0.717) is 13.1 Å². The molecule has 0 aliphatic heterocycles. The summed E-state index contributed by atoms with van der Waals surface area (Å²) < 4.78 is 0. The lowest BCUT2D eigenvalue weighted by Gasteiger charge is -2.30. The van der Waals surface area contributed by atoms with Crippen molar-refractivity contribution in [3.8, 4) is 11.5 Å². The average molecular weight is 425 g/mol. The number of phenolic OH excluding ortho intramolecular Hbond substituents is 2. The lowest BCUT2D eigenvalue weighted by atomic mass is 9.92. The number of hydrogen-bond acceptors (Lipinski definition) is 4. The molecule has 0 heterocycles. The van der Waals surface area contributed by atoms with Crippen LogP contribution in [0.25, 0.3) is 0 Å². The van der Waals surface area contributed by atoms with Crippen molar-refractivity contribution in [3.63, 3.8) is 0 Å². The number of hydrogen-bond donors (Lipinski definition) is 4. The number of phenols is 2. The van der Waals surface area contributed by atoms with Crippen LogP contribution in [0.3, 0.4) is 0 Å². The quantitative estimate of drug-likeness (QED) is 0.288. The summed E-state index contributed by atoms with van der Waals surface area (Å²) in [5.41, 5.74) is 3.98. The number of para-hydroxylation sites is 2. The lowest BCUT2D eigenvalue weighted by molar-refractivity contribution is 0.373. The van der Waals surface area contributed by atoms with Gasteiger partial charge in [0.1, 0.15) is 11.5 Å². The highest BCUT2D eigenvalue weighted by atomic mass is 16.3. The highest BCUT2D eigenvalue weighted by molar-refractivity contribution is 5.34. The van der Waals surface area contributed by atoms with Gasteiger partial charge in [-0.05, 0) is 23.3 Å². The molecule has 0 amide bonds. The number of benzene rings is 4. The van der Waals surface area contributed by atoms with Gasteiger partial charge < -0.3 is 20.8 Å². The Hall–Kier alpha value is -3.60. The predicted molar refractivity (Wildman–Crippen MR) is 128 cm³/mol. The van der Waals surface area contributed by atoms with E-state index < -0.39 is 0 Å². The molecule has 32 heavy (non-hydrogen) atoms. The molecule has 0 bridgehead atoms. The molecule has 4 heteroatoms. The number of nitrogens with one attached hydrogen (secondary N) is 2. The summed E-state index contributed by atoms with van der Waals surface area (Å²) in [5, 5.41) is 27.8. The molecule has 0 aliphatic rings. The van der Waals surface area contributed by atoms with Gasteiger partial charge in [-0.2, -0.15) is 0 Å². The third-order valence-corrected chi connectivity index (χ3v) is 5.66. The monoisotopic (exact) mass is 424 g/mol. The molecule has 162 valence electrons. The van der Waals surface area contributed by atoms with Gasteiger partial charge >= 0.3 is 0 Å². The van der Waals surface area contributed by atoms with Gasteiger partial charge in [-0.15, -0.1) is 0 Å². The predicted octanol–water partition coefficient (Wildman–Crippen LogP) is 5.46. The van der Waals surface area contributed by atoms with Gasteiger partial charge in [0.25, 0.3) is 0 Å². The van der Waals surface area contributed by atoms with Crippen molar-refractivity contribution < 1.29 is 10.2 Å². The highest BCUT2D eigenvalue weighted by Crippen LogP contribution is 2.31. The zero-order valence-electron chi connectivity index (χ0n) is 17.9. The van der Waals surface area contributed by atoms with Gasteiger partial charge in [0.05, 0.1) is 12.1 Å². The molecule has 0 radical (unpaired) electrons. The minimum atomic E-state index is -0.0657. The van der Waals surface area contributed by atoms with Crippen LogP contribution in [0.2, 0.25) is 0 Å². The zero-order valence-corrected chi connectivity index (χ0v) is 17.9. The molecular formula is C28H28N2O2. The molecule has 0 saturated heterocycles. The summed E-state index contributed by atoms with van der Waals surface area (Å²) in [4.78, 5) is 0. The van der Waals surface area contributed by atoms with E-state index in [1.54, 1.807) is 12.1 Å². The Morgan fingerprint density at radius 1 is 0.469 bits per heavy atom. The van der Waals surface area contributed by atoms with E-state index in [2.05, 4.69) is 34.9 Å². The maximum Gasteiger partial charge on any atom is 0.120 e. The van der Waals surface area contributed by atoms with Crippen LogP contribution >= 0.6 is 0 Å². The van der Waals surface area contributed by atoms with Crippen molar-refractivity contribution in [2.75, 3.05) is 0 Å². The molecule has 1 unspecified atom stereocenters. The second-order valence-corrected chi connectivity index (χ2v) is 7.80. The van der Waals surface area contributed by atoms with E-state index in [9.17, 15) is 10.2 Å². The van der Waals surface area contributed by atoms with Gasteiger partial charge in [-0.1, -0.05) is 97.1 Å². The van der Waals surface area contributed by atoms with Crippen LogP contribution in [0.5, 0.6) is 11.5 Å². The topological polar surface area (TPSA) is 64.5 Å². The molecule has 4 nitrogen and oxygen atoms in total. The van der Waals surface area contributed by atoms with Crippen molar-refractivity contribution in [2.24, 2.45) is 0 Å². The standard InChI is InChI=1S/C28H28N2O2/c31-25-17-9-7-15-23(25)19-29-27(21-11-3-1-4-12-21)28(22-13-5-2-6-14-22)30-20-24-16-8-10-18-26(24)32/h1-18,27-32H,19-20H2/t27-,28?/m0/s1. The Kier molecular flexibility index (Phi) is 7.18. The lowest BCUT2D eigenvalue weighted by Crippen LogP contribution is -2.35.